The Bertz CT molecular complexity index is 1150. The molecule has 3 aromatic rings. The Morgan fingerprint density at radius 3 is 2.30 bits per heavy atom. The number of carbonyl (C=O) groups is 2. The van der Waals surface area contributed by atoms with Crippen LogP contribution in [0.4, 0.5) is 11.4 Å². The Morgan fingerprint density at radius 1 is 0.909 bits per heavy atom. The Balaban J connectivity index is 1.64. The summed E-state index contributed by atoms with van der Waals surface area (Å²) in [7, 11) is 0. The van der Waals surface area contributed by atoms with Crippen molar-refractivity contribution >= 4 is 56.4 Å². The molecule has 0 aliphatic rings. The number of rotatable bonds is 7. The molecule has 33 heavy (non-hydrogen) atoms. The molecule has 0 atom stereocenters. The Labute approximate surface area is 206 Å². The number of hydrogen-bond donors (Lipinski definition) is 3. The van der Waals surface area contributed by atoms with Crippen LogP contribution in [0.3, 0.4) is 0 Å². The number of halogens is 1. The normalized spacial score (nSPS) is 10.4. The third-order valence-corrected chi connectivity index (χ3v) is 5.10. The molecule has 0 bridgehead atoms. The summed E-state index contributed by atoms with van der Waals surface area (Å²) in [5, 5.41) is 8.63. The number of anilines is 2. The first-order chi connectivity index (χ1) is 15.8. The molecule has 0 unspecified atom stereocenters. The minimum atomic E-state index is -0.388. The summed E-state index contributed by atoms with van der Waals surface area (Å²) >= 11 is 8.71. The summed E-state index contributed by atoms with van der Waals surface area (Å²) in [6.45, 7) is 4.56. The molecule has 0 aromatic heterocycles. The lowest BCUT2D eigenvalue weighted by atomic mass is 10.2. The minimum Gasteiger partial charge on any atom is -0.492 e. The fraction of sp³-hybridized carbons (Fsp3) is 0.160. The molecule has 0 aliphatic heterocycles. The SMILES string of the molecule is CC(C)COc1ccc(Br)cc1C(=O)NC(=S)Nc1cccc(NC(=O)c2ccccc2)c1. The molecule has 0 saturated carbocycles. The van der Waals surface area contributed by atoms with Crippen LogP contribution in [0, 0.1) is 5.92 Å². The molecular formula is C25H24BrN3O3S. The van der Waals surface area contributed by atoms with E-state index in [1.165, 1.54) is 0 Å². The fourth-order valence-electron chi connectivity index (χ4n) is 2.86. The maximum atomic E-state index is 12.8. The second-order valence-electron chi connectivity index (χ2n) is 7.65. The van der Waals surface area contributed by atoms with Crippen molar-refractivity contribution in [2.75, 3.05) is 17.2 Å². The van der Waals surface area contributed by atoms with E-state index in [4.69, 9.17) is 17.0 Å². The Morgan fingerprint density at radius 2 is 1.61 bits per heavy atom. The number of hydrogen-bond acceptors (Lipinski definition) is 4. The van der Waals surface area contributed by atoms with Crippen LogP contribution in [-0.2, 0) is 0 Å². The van der Waals surface area contributed by atoms with Crippen molar-refractivity contribution in [3.63, 3.8) is 0 Å². The van der Waals surface area contributed by atoms with Gasteiger partial charge >= 0.3 is 0 Å². The highest BCUT2D eigenvalue weighted by atomic mass is 79.9. The first-order valence-corrected chi connectivity index (χ1v) is 11.5. The quantitative estimate of drug-likeness (QED) is 0.336. The van der Waals surface area contributed by atoms with E-state index in [-0.39, 0.29) is 16.9 Å². The molecule has 0 radical (unpaired) electrons. The summed E-state index contributed by atoms with van der Waals surface area (Å²) in [6.07, 6.45) is 0. The van der Waals surface area contributed by atoms with Gasteiger partial charge in [0.15, 0.2) is 5.11 Å². The van der Waals surface area contributed by atoms with E-state index in [1.807, 2.05) is 26.0 Å². The van der Waals surface area contributed by atoms with Gasteiger partial charge in [-0.25, -0.2) is 0 Å². The predicted octanol–water partition coefficient (Wildman–Crippen LogP) is 5.86. The van der Waals surface area contributed by atoms with Gasteiger partial charge in [-0.1, -0.05) is 54.0 Å². The highest BCUT2D eigenvalue weighted by molar-refractivity contribution is 9.10. The standard InChI is InChI=1S/C25H24BrN3O3S/c1-16(2)15-32-22-12-11-18(26)13-21(22)24(31)29-25(33)28-20-10-6-9-19(14-20)27-23(30)17-7-4-3-5-8-17/h3-14,16H,15H2,1-2H3,(H,27,30)(H2,28,29,31,33). The third kappa shape index (κ3) is 7.40. The second kappa shape index (κ2) is 11.6. The Kier molecular flexibility index (Phi) is 8.57. The van der Waals surface area contributed by atoms with Gasteiger partial charge in [0, 0.05) is 21.4 Å². The van der Waals surface area contributed by atoms with Gasteiger partial charge in [0.1, 0.15) is 5.75 Å². The van der Waals surface area contributed by atoms with Crippen molar-refractivity contribution < 1.29 is 14.3 Å². The summed E-state index contributed by atoms with van der Waals surface area (Å²) < 4.78 is 6.53. The van der Waals surface area contributed by atoms with E-state index < -0.39 is 0 Å². The molecular weight excluding hydrogens is 502 g/mol. The molecule has 0 fully saturated rings. The molecule has 6 nitrogen and oxygen atoms in total. The van der Waals surface area contributed by atoms with Crippen LogP contribution in [0.25, 0.3) is 0 Å². The van der Waals surface area contributed by atoms with E-state index in [0.717, 1.165) is 4.47 Å². The monoisotopic (exact) mass is 525 g/mol. The van der Waals surface area contributed by atoms with Crippen LogP contribution >= 0.6 is 28.1 Å². The van der Waals surface area contributed by atoms with Crippen LogP contribution in [0.2, 0.25) is 0 Å². The first-order valence-electron chi connectivity index (χ1n) is 10.3. The van der Waals surface area contributed by atoms with E-state index >= 15 is 0 Å². The molecule has 2 amide bonds. The van der Waals surface area contributed by atoms with Crippen LogP contribution in [-0.4, -0.2) is 23.5 Å². The maximum absolute atomic E-state index is 12.8. The van der Waals surface area contributed by atoms with Gasteiger partial charge in [-0.15, -0.1) is 0 Å². The zero-order chi connectivity index (χ0) is 23.8. The van der Waals surface area contributed by atoms with E-state index in [2.05, 4.69) is 31.9 Å². The van der Waals surface area contributed by atoms with Crippen molar-refractivity contribution in [3.8, 4) is 5.75 Å². The van der Waals surface area contributed by atoms with Gasteiger partial charge in [0.2, 0.25) is 0 Å². The zero-order valence-corrected chi connectivity index (χ0v) is 20.6. The van der Waals surface area contributed by atoms with Gasteiger partial charge in [-0.2, -0.15) is 0 Å². The first kappa shape index (κ1) is 24.4. The van der Waals surface area contributed by atoms with Crippen molar-refractivity contribution in [1.29, 1.82) is 0 Å². The minimum absolute atomic E-state index is 0.126. The van der Waals surface area contributed by atoms with Crippen molar-refractivity contribution in [2.45, 2.75) is 13.8 Å². The lowest BCUT2D eigenvalue weighted by Crippen LogP contribution is -2.34. The maximum Gasteiger partial charge on any atom is 0.261 e. The zero-order valence-electron chi connectivity index (χ0n) is 18.2. The molecule has 3 N–H and O–H groups in total. The molecule has 0 heterocycles. The highest BCUT2D eigenvalue weighted by Gasteiger charge is 2.15. The van der Waals surface area contributed by atoms with Crippen LogP contribution < -0.4 is 20.7 Å². The molecule has 3 aromatic carbocycles. The summed E-state index contributed by atoms with van der Waals surface area (Å²) in [6, 6.07) is 21.3. The molecule has 170 valence electrons. The number of ether oxygens (including phenoxy) is 1. The Hall–Kier alpha value is -3.23. The van der Waals surface area contributed by atoms with Crippen LogP contribution in [0.5, 0.6) is 5.75 Å². The van der Waals surface area contributed by atoms with Gasteiger partial charge in [0.25, 0.3) is 11.8 Å². The van der Waals surface area contributed by atoms with E-state index in [9.17, 15) is 9.59 Å². The lowest BCUT2D eigenvalue weighted by molar-refractivity contribution is 0.0971. The summed E-state index contributed by atoms with van der Waals surface area (Å²) in [4.78, 5) is 25.2. The number of carbonyl (C=O) groups excluding carboxylic acids is 2. The van der Waals surface area contributed by atoms with E-state index in [1.54, 1.807) is 60.7 Å². The van der Waals surface area contributed by atoms with E-state index in [0.29, 0.717) is 40.8 Å². The van der Waals surface area contributed by atoms with Crippen LogP contribution in [0.15, 0.2) is 77.3 Å². The summed E-state index contributed by atoms with van der Waals surface area (Å²) in [5.74, 6) is 0.202. The van der Waals surface area contributed by atoms with Gasteiger partial charge in [-0.3, -0.25) is 14.9 Å². The number of benzene rings is 3. The number of nitrogens with one attached hydrogen (secondary N) is 3. The molecule has 0 aliphatic carbocycles. The third-order valence-electron chi connectivity index (χ3n) is 4.40. The number of amides is 2. The predicted molar refractivity (Wildman–Crippen MR) is 139 cm³/mol. The van der Waals surface area contributed by atoms with Gasteiger partial charge < -0.3 is 15.4 Å². The van der Waals surface area contributed by atoms with Crippen molar-refractivity contribution in [3.05, 3.63) is 88.4 Å². The molecule has 0 saturated heterocycles. The highest BCUT2D eigenvalue weighted by Crippen LogP contribution is 2.24. The second-order valence-corrected chi connectivity index (χ2v) is 8.98. The largest absolute Gasteiger partial charge is 0.492 e. The summed E-state index contributed by atoms with van der Waals surface area (Å²) in [5.41, 5.74) is 2.15. The van der Waals surface area contributed by atoms with Crippen molar-refractivity contribution in [1.82, 2.24) is 5.32 Å². The molecule has 8 heteroatoms. The van der Waals surface area contributed by atoms with Gasteiger partial charge in [-0.05, 0) is 66.7 Å². The fourth-order valence-corrected chi connectivity index (χ4v) is 3.43. The van der Waals surface area contributed by atoms with Crippen molar-refractivity contribution in [2.24, 2.45) is 5.92 Å². The average molecular weight is 526 g/mol. The topological polar surface area (TPSA) is 79.5 Å². The smallest absolute Gasteiger partial charge is 0.261 e. The molecule has 0 spiro atoms. The molecule has 3 rings (SSSR count). The lowest BCUT2D eigenvalue weighted by Gasteiger charge is -2.15. The van der Waals surface area contributed by atoms with Crippen LogP contribution in [0.1, 0.15) is 34.6 Å². The number of thiocarbonyl (C=S) groups is 1. The van der Waals surface area contributed by atoms with Gasteiger partial charge in [0.05, 0.1) is 12.2 Å². The average Bonchev–Trinajstić information content (AvgIpc) is 2.78.